The van der Waals surface area contributed by atoms with Crippen LogP contribution in [0.3, 0.4) is 0 Å². The van der Waals surface area contributed by atoms with Crippen LogP contribution in [0.25, 0.3) is 11.3 Å². The molecule has 3 aromatic rings. The van der Waals surface area contributed by atoms with Gasteiger partial charge < -0.3 is 9.80 Å². The quantitative estimate of drug-likeness (QED) is 0.475. The third kappa shape index (κ3) is 5.65. The molecule has 2 aromatic heterocycles. The SMILES string of the molecule is CCc1cnc(N(C)CC2CC2CN(C)c2cnc(-c3ccc(S(C)(=O)=O)cc3)cn2)nc1. The van der Waals surface area contributed by atoms with Gasteiger partial charge in [-0.2, -0.15) is 0 Å². The fourth-order valence-corrected chi connectivity index (χ4v) is 4.53. The van der Waals surface area contributed by atoms with E-state index in [4.69, 9.17) is 0 Å². The molecule has 2 atom stereocenters. The summed E-state index contributed by atoms with van der Waals surface area (Å²) >= 11 is 0. The van der Waals surface area contributed by atoms with Crippen molar-refractivity contribution < 1.29 is 8.42 Å². The first-order valence-electron chi connectivity index (χ1n) is 11.1. The van der Waals surface area contributed by atoms with E-state index in [0.29, 0.717) is 22.4 Å². The van der Waals surface area contributed by atoms with Crippen LogP contribution in [-0.2, 0) is 16.3 Å². The summed E-state index contributed by atoms with van der Waals surface area (Å²) in [4.78, 5) is 22.6. The van der Waals surface area contributed by atoms with Crippen molar-refractivity contribution in [2.75, 3.05) is 43.2 Å². The van der Waals surface area contributed by atoms with Crippen molar-refractivity contribution in [3.05, 3.63) is 54.6 Å². The van der Waals surface area contributed by atoms with Crippen molar-refractivity contribution in [2.45, 2.75) is 24.7 Å². The maximum absolute atomic E-state index is 11.6. The van der Waals surface area contributed by atoms with E-state index >= 15 is 0 Å². The third-order valence-corrected chi connectivity index (χ3v) is 7.26. The van der Waals surface area contributed by atoms with Crippen molar-refractivity contribution in [1.82, 2.24) is 19.9 Å². The van der Waals surface area contributed by atoms with Crippen molar-refractivity contribution in [2.24, 2.45) is 11.8 Å². The standard InChI is InChI=1S/C24H30N6O2S/c1-5-17-11-27-24(28-12-17)30(3)16-20-10-19(20)15-29(2)23-14-25-22(13-26-23)18-6-8-21(9-7-18)33(4,31)32/h6-9,11-14,19-20H,5,10,15-16H2,1-4H3. The number of benzene rings is 1. The van der Waals surface area contributed by atoms with Crippen LogP contribution in [0.15, 0.2) is 53.9 Å². The molecule has 0 spiro atoms. The molecule has 0 radical (unpaired) electrons. The van der Waals surface area contributed by atoms with Gasteiger partial charge in [0.2, 0.25) is 5.95 Å². The van der Waals surface area contributed by atoms with E-state index in [0.717, 1.165) is 42.4 Å². The average molecular weight is 467 g/mol. The molecule has 9 heteroatoms. The van der Waals surface area contributed by atoms with E-state index in [2.05, 4.69) is 36.7 Å². The summed E-state index contributed by atoms with van der Waals surface area (Å²) in [6.07, 6.45) is 10.6. The second-order valence-corrected chi connectivity index (χ2v) is 10.8. The summed E-state index contributed by atoms with van der Waals surface area (Å²) in [6, 6.07) is 6.71. The van der Waals surface area contributed by atoms with E-state index in [-0.39, 0.29) is 0 Å². The molecule has 0 bridgehead atoms. The van der Waals surface area contributed by atoms with Gasteiger partial charge in [0.15, 0.2) is 9.84 Å². The van der Waals surface area contributed by atoms with E-state index in [9.17, 15) is 8.42 Å². The van der Waals surface area contributed by atoms with E-state index in [1.165, 1.54) is 12.7 Å². The summed E-state index contributed by atoms with van der Waals surface area (Å²) in [6.45, 7) is 3.97. The summed E-state index contributed by atoms with van der Waals surface area (Å²) in [5.74, 6) is 2.83. The van der Waals surface area contributed by atoms with Crippen molar-refractivity contribution in [3.8, 4) is 11.3 Å². The predicted octanol–water partition coefficient (Wildman–Crippen LogP) is 3.11. The number of aromatic nitrogens is 4. The van der Waals surface area contributed by atoms with Crippen LogP contribution in [-0.4, -0.2) is 61.8 Å². The normalized spacial score (nSPS) is 17.6. The maximum atomic E-state index is 11.6. The Morgan fingerprint density at radius 2 is 1.52 bits per heavy atom. The van der Waals surface area contributed by atoms with Gasteiger partial charge in [-0.3, -0.25) is 4.98 Å². The molecule has 0 aliphatic heterocycles. The molecular weight excluding hydrogens is 436 g/mol. The van der Waals surface area contributed by atoms with Crippen LogP contribution in [0.2, 0.25) is 0 Å². The molecule has 33 heavy (non-hydrogen) atoms. The lowest BCUT2D eigenvalue weighted by Gasteiger charge is -2.20. The number of hydrogen-bond donors (Lipinski definition) is 0. The Morgan fingerprint density at radius 3 is 2.06 bits per heavy atom. The molecule has 8 nitrogen and oxygen atoms in total. The lowest BCUT2D eigenvalue weighted by Crippen LogP contribution is -2.26. The lowest BCUT2D eigenvalue weighted by atomic mass is 10.2. The van der Waals surface area contributed by atoms with Crippen LogP contribution in [0.5, 0.6) is 0 Å². The second-order valence-electron chi connectivity index (χ2n) is 8.82. The highest BCUT2D eigenvalue weighted by Crippen LogP contribution is 2.40. The van der Waals surface area contributed by atoms with Gasteiger partial charge in [0.05, 0.1) is 23.0 Å². The maximum Gasteiger partial charge on any atom is 0.225 e. The first-order valence-corrected chi connectivity index (χ1v) is 13.0. The number of aryl methyl sites for hydroxylation is 1. The summed E-state index contributed by atoms with van der Waals surface area (Å²) in [7, 11) is 0.877. The molecule has 1 fully saturated rings. The van der Waals surface area contributed by atoms with Crippen LogP contribution >= 0.6 is 0 Å². The van der Waals surface area contributed by atoms with E-state index in [1.807, 2.05) is 26.5 Å². The predicted molar refractivity (Wildman–Crippen MR) is 130 cm³/mol. The van der Waals surface area contributed by atoms with Gasteiger partial charge in [-0.25, -0.2) is 23.4 Å². The van der Waals surface area contributed by atoms with Crippen molar-refractivity contribution in [1.29, 1.82) is 0 Å². The minimum absolute atomic E-state index is 0.296. The Kier molecular flexibility index (Phi) is 6.60. The Morgan fingerprint density at radius 1 is 0.879 bits per heavy atom. The molecule has 2 unspecified atom stereocenters. The average Bonchev–Trinajstić information content (AvgIpc) is 3.55. The number of hydrogen-bond acceptors (Lipinski definition) is 8. The molecule has 1 aliphatic rings. The van der Waals surface area contributed by atoms with E-state index < -0.39 is 9.84 Å². The van der Waals surface area contributed by atoms with Crippen molar-refractivity contribution in [3.63, 3.8) is 0 Å². The molecule has 4 rings (SSSR count). The molecule has 0 amide bonds. The fourth-order valence-electron chi connectivity index (χ4n) is 3.90. The van der Waals surface area contributed by atoms with Crippen LogP contribution in [0, 0.1) is 11.8 Å². The number of sulfone groups is 1. The second kappa shape index (κ2) is 9.43. The fraction of sp³-hybridized carbons (Fsp3) is 0.417. The van der Waals surface area contributed by atoms with Gasteiger partial charge in [-0.1, -0.05) is 19.1 Å². The van der Waals surface area contributed by atoms with Crippen LogP contribution in [0.4, 0.5) is 11.8 Å². The molecule has 2 heterocycles. The Labute approximate surface area is 195 Å². The Balaban J connectivity index is 1.30. The Bertz CT molecular complexity index is 1180. The third-order valence-electron chi connectivity index (χ3n) is 6.13. The van der Waals surface area contributed by atoms with Crippen molar-refractivity contribution >= 4 is 21.6 Å². The summed E-state index contributed by atoms with van der Waals surface area (Å²) < 4.78 is 23.3. The molecule has 0 N–H and O–H groups in total. The zero-order valence-corrected chi connectivity index (χ0v) is 20.3. The van der Waals surface area contributed by atoms with Gasteiger partial charge >= 0.3 is 0 Å². The van der Waals surface area contributed by atoms with Crippen LogP contribution < -0.4 is 9.80 Å². The number of nitrogens with zero attached hydrogens (tertiary/aromatic N) is 6. The first-order chi connectivity index (χ1) is 15.7. The molecule has 0 saturated heterocycles. The molecule has 1 aromatic carbocycles. The van der Waals surface area contributed by atoms with Gasteiger partial charge in [-0.05, 0) is 42.4 Å². The van der Waals surface area contributed by atoms with Gasteiger partial charge in [0.1, 0.15) is 5.82 Å². The zero-order chi connectivity index (χ0) is 23.6. The lowest BCUT2D eigenvalue weighted by molar-refractivity contribution is 0.602. The summed E-state index contributed by atoms with van der Waals surface area (Å²) in [5, 5.41) is 0. The van der Waals surface area contributed by atoms with Gasteiger partial charge in [0.25, 0.3) is 0 Å². The van der Waals surface area contributed by atoms with Crippen LogP contribution in [0.1, 0.15) is 18.9 Å². The van der Waals surface area contributed by atoms with Gasteiger partial charge in [-0.15, -0.1) is 0 Å². The molecule has 1 saturated carbocycles. The number of rotatable bonds is 9. The highest BCUT2D eigenvalue weighted by atomic mass is 32.2. The molecule has 1 aliphatic carbocycles. The van der Waals surface area contributed by atoms with Gasteiger partial charge in [0, 0.05) is 51.4 Å². The van der Waals surface area contributed by atoms with E-state index in [1.54, 1.807) is 36.7 Å². The highest BCUT2D eigenvalue weighted by molar-refractivity contribution is 7.90. The highest BCUT2D eigenvalue weighted by Gasteiger charge is 2.38. The topological polar surface area (TPSA) is 92.2 Å². The minimum Gasteiger partial charge on any atom is -0.358 e. The minimum atomic E-state index is -3.21. The smallest absolute Gasteiger partial charge is 0.225 e. The monoisotopic (exact) mass is 466 g/mol. The summed E-state index contributed by atoms with van der Waals surface area (Å²) in [5.41, 5.74) is 2.70. The number of anilines is 2. The zero-order valence-electron chi connectivity index (χ0n) is 19.5. The molecular formula is C24H30N6O2S. The first kappa shape index (κ1) is 23.1. The Hall–Kier alpha value is -3.07. The largest absolute Gasteiger partial charge is 0.358 e. The molecule has 174 valence electrons.